The molecule has 0 bridgehead atoms. The second-order valence-corrected chi connectivity index (χ2v) is 5.05. The first-order valence-electron chi connectivity index (χ1n) is 6.41. The van der Waals surface area contributed by atoms with Crippen LogP contribution < -0.4 is 10.1 Å². The van der Waals surface area contributed by atoms with Crippen LogP contribution in [0.5, 0.6) is 5.75 Å². The molecule has 0 aliphatic rings. The third-order valence-corrected chi connectivity index (χ3v) is 3.42. The smallest absolute Gasteiger partial charge is 0.137 e. The summed E-state index contributed by atoms with van der Waals surface area (Å²) in [5.41, 5.74) is 3.05. The van der Waals surface area contributed by atoms with Crippen molar-refractivity contribution in [1.29, 1.82) is 0 Å². The van der Waals surface area contributed by atoms with Gasteiger partial charge in [0.1, 0.15) is 5.75 Å². The molecular formula is C16H18ClNO2. The number of aliphatic hydroxyl groups excluding tert-OH is 1. The minimum atomic E-state index is -0.208. The average molecular weight is 292 g/mol. The highest BCUT2D eigenvalue weighted by Crippen LogP contribution is 2.29. The maximum atomic E-state index is 9.59. The zero-order valence-corrected chi connectivity index (χ0v) is 12.3. The Kier molecular flexibility index (Phi) is 4.88. The van der Waals surface area contributed by atoms with E-state index in [2.05, 4.69) is 5.32 Å². The van der Waals surface area contributed by atoms with Gasteiger partial charge >= 0.3 is 0 Å². The molecule has 3 nitrogen and oxygen atoms in total. The van der Waals surface area contributed by atoms with Gasteiger partial charge < -0.3 is 15.2 Å². The quantitative estimate of drug-likeness (QED) is 0.880. The maximum Gasteiger partial charge on any atom is 0.137 e. The zero-order valence-electron chi connectivity index (χ0n) is 11.6. The normalized spacial score (nSPS) is 12.0. The van der Waals surface area contributed by atoms with Crippen molar-refractivity contribution in [2.75, 3.05) is 19.0 Å². The molecular weight excluding hydrogens is 274 g/mol. The zero-order chi connectivity index (χ0) is 14.5. The van der Waals surface area contributed by atoms with Gasteiger partial charge in [0.05, 0.1) is 24.8 Å². The fourth-order valence-corrected chi connectivity index (χ4v) is 2.34. The van der Waals surface area contributed by atoms with E-state index in [9.17, 15) is 5.11 Å². The second-order valence-electron chi connectivity index (χ2n) is 4.64. The van der Waals surface area contributed by atoms with E-state index in [0.29, 0.717) is 10.8 Å². The molecule has 0 aromatic heterocycles. The van der Waals surface area contributed by atoms with Crippen LogP contribution in [0.3, 0.4) is 0 Å². The van der Waals surface area contributed by atoms with Gasteiger partial charge in [-0.2, -0.15) is 0 Å². The molecule has 2 aromatic carbocycles. The number of nitrogens with one attached hydrogen (secondary N) is 1. The molecule has 2 rings (SSSR count). The van der Waals surface area contributed by atoms with Crippen molar-refractivity contribution >= 4 is 17.3 Å². The fraction of sp³-hybridized carbons (Fsp3) is 0.250. The molecule has 1 unspecified atom stereocenters. The lowest BCUT2D eigenvalue weighted by molar-refractivity contribution is 0.276. The summed E-state index contributed by atoms with van der Waals surface area (Å²) in [5.74, 6) is 0.627. The first-order chi connectivity index (χ1) is 9.63. The lowest BCUT2D eigenvalue weighted by Gasteiger charge is -2.19. The monoisotopic (exact) mass is 291 g/mol. The number of hydrogen-bond donors (Lipinski definition) is 2. The Balaban J connectivity index is 2.22. The highest BCUT2D eigenvalue weighted by molar-refractivity contribution is 6.32. The molecule has 0 heterocycles. The summed E-state index contributed by atoms with van der Waals surface area (Å²) in [6, 6.07) is 13.3. The molecule has 2 aromatic rings. The van der Waals surface area contributed by atoms with Crippen molar-refractivity contribution in [2.45, 2.75) is 13.0 Å². The van der Waals surface area contributed by atoms with Gasteiger partial charge in [0.15, 0.2) is 0 Å². The molecule has 0 amide bonds. The number of rotatable bonds is 5. The van der Waals surface area contributed by atoms with Crippen molar-refractivity contribution in [3.05, 3.63) is 58.6 Å². The van der Waals surface area contributed by atoms with Crippen LogP contribution in [0.1, 0.15) is 17.2 Å². The van der Waals surface area contributed by atoms with Gasteiger partial charge in [0.25, 0.3) is 0 Å². The van der Waals surface area contributed by atoms with Crippen molar-refractivity contribution < 1.29 is 9.84 Å². The number of hydrogen-bond acceptors (Lipinski definition) is 3. The predicted molar refractivity (Wildman–Crippen MR) is 82.6 cm³/mol. The first kappa shape index (κ1) is 14.7. The van der Waals surface area contributed by atoms with E-state index >= 15 is 0 Å². The molecule has 0 aliphatic carbocycles. The van der Waals surface area contributed by atoms with Crippen LogP contribution in [-0.4, -0.2) is 18.8 Å². The largest absolute Gasteiger partial charge is 0.495 e. The van der Waals surface area contributed by atoms with Crippen molar-refractivity contribution in [1.82, 2.24) is 0 Å². The van der Waals surface area contributed by atoms with Gasteiger partial charge in [0, 0.05) is 5.69 Å². The summed E-state index contributed by atoms with van der Waals surface area (Å²) in [4.78, 5) is 0. The Morgan fingerprint density at radius 3 is 2.65 bits per heavy atom. The third kappa shape index (κ3) is 3.44. The number of aryl methyl sites for hydroxylation is 1. The van der Waals surface area contributed by atoms with Gasteiger partial charge in [-0.15, -0.1) is 0 Å². The van der Waals surface area contributed by atoms with E-state index in [1.165, 1.54) is 5.56 Å². The number of anilines is 1. The average Bonchev–Trinajstić information content (AvgIpc) is 2.44. The van der Waals surface area contributed by atoms with Gasteiger partial charge in [-0.1, -0.05) is 29.8 Å². The van der Waals surface area contributed by atoms with Crippen LogP contribution in [0.15, 0.2) is 42.5 Å². The summed E-state index contributed by atoms with van der Waals surface area (Å²) in [6.07, 6.45) is 0. The Morgan fingerprint density at radius 2 is 2.05 bits per heavy atom. The standard InChI is InChI=1S/C16H18ClNO2/c1-11-4-3-5-13(8-11)18-15(10-19)12-6-7-16(20-2)14(17)9-12/h3-9,15,18-19H,10H2,1-2H3. The molecule has 0 spiro atoms. The third-order valence-electron chi connectivity index (χ3n) is 3.12. The summed E-state index contributed by atoms with van der Waals surface area (Å²) >= 11 is 6.12. The SMILES string of the molecule is COc1ccc(C(CO)Nc2cccc(C)c2)cc1Cl. The van der Waals surface area contributed by atoms with Gasteiger partial charge in [-0.05, 0) is 42.3 Å². The maximum absolute atomic E-state index is 9.59. The summed E-state index contributed by atoms with van der Waals surface area (Å²) in [7, 11) is 1.58. The van der Waals surface area contributed by atoms with Crippen LogP contribution in [0, 0.1) is 6.92 Å². The number of ether oxygens (including phenoxy) is 1. The Morgan fingerprint density at radius 1 is 1.25 bits per heavy atom. The van der Waals surface area contributed by atoms with Crippen LogP contribution in [0.2, 0.25) is 5.02 Å². The molecule has 2 N–H and O–H groups in total. The number of benzene rings is 2. The number of methoxy groups -OCH3 is 1. The van der Waals surface area contributed by atoms with E-state index in [0.717, 1.165) is 11.3 Å². The molecule has 1 atom stereocenters. The highest BCUT2D eigenvalue weighted by Gasteiger charge is 2.12. The van der Waals surface area contributed by atoms with E-state index in [1.54, 1.807) is 13.2 Å². The van der Waals surface area contributed by atoms with Crippen LogP contribution in [-0.2, 0) is 0 Å². The topological polar surface area (TPSA) is 41.5 Å². The second kappa shape index (κ2) is 6.64. The molecule has 4 heteroatoms. The molecule has 106 valence electrons. The van der Waals surface area contributed by atoms with E-state index < -0.39 is 0 Å². The van der Waals surface area contributed by atoms with Crippen molar-refractivity contribution in [3.8, 4) is 5.75 Å². The first-order valence-corrected chi connectivity index (χ1v) is 6.79. The summed E-state index contributed by atoms with van der Waals surface area (Å²) in [5, 5.41) is 13.4. The predicted octanol–water partition coefficient (Wildman–Crippen LogP) is 3.80. The van der Waals surface area contributed by atoms with Crippen LogP contribution in [0.4, 0.5) is 5.69 Å². The molecule has 0 fully saturated rings. The Hall–Kier alpha value is -1.71. The Bertz CT molecular complexity index is 586. The summed E-state index contributed by atoms with van der Waals surface area (Å²) < 4.78 is 5.13. The fourth-order valence-electron chi connectivity index (χ4n) is 2.07. The van der Waals surface area contributed by atoms with E-state index in [4.69, 9.17) is 16.3 Å². The molecule has 20 heavy (non-hydrogen) atoms. The van der Waals surface area contributed by atoms with Crippen molar-refractivity contribution in [2.24, 2.45) is 0 Å². The minimum Gasteiger partial charge on any atom is -0.495 e. The lowest BCUT2D eigenvalue weighted by atomic mass is 10.1. The van der Waals surface area contributed by atoms with Gasteiger partial charge in [-0.3, -0.25) is 0 Å². The number of halogens is 1. The van der Waals surface area contributed by atoms with Gasteiger partial charge in [-0.25, -0.2) is 0 Å². The Labute approximate surface area is 124 Å². The van der Waals surface area contributed by atoms with Crippen LogP contribution >= 0.6 is 11.6 Å². The highest BCUT2D eigenvalue weighted by atomic mass is 35.5. The van der Waals surface area contributed by atoms with E-state index in [-0.39, 0.29) is 12.6 Å². The molecule has 0 aliphatic heterocycles. The van der Waals surface area contributed by atoms with Crippen LogP contribution in [0.25, 0.3) is 0 Å². The number of aliphatic hydroxyl groups is 1. The summed E-state index contributed by atoms with van der Waals surface area (Å²) in [6.45, 7) is 2.01. The molecule has 0 saturated heterocycles. The minimum absolute atomic E-state index is 0.0173. The molecule has 0 radical (unpaired) electrons. The molecule has 0 saturated carbocycles. The lowest BCUT2D eigenvalue weighted by Crippen LogP contribution is -2.14. The van der Waals surface area contributed by atoms with Gasteiger partial charge in [0.2, 0.25) is 0 Å². The van der Waals surface area contributed by atoms with E-state index in [1.807, 2.05) is 43.3 Å². The van der Waals surface area contributed by atoms with Crippen molar-refractivity contribution in [3.63, 3.8) is 0 Å².